The third-order valence-electron chi connectivity index (χ3n) is 6.02. The van der Waals surface area contributed by atoms with E-state index in [4.69, 9.17) is 4.74 Å². The third-order valence-corrected chi connectivity index (χ3v) is 6.02. The van der Waals surface area contributed by atoms with Crippen LogP contribution in [-0.4, -0.2) is 55.4 Å². The molecule has 6 heteroatoms. The summed E-state index contributed by atoms with van der Waals surface area (Å²) in [5, 5.41) is 0. The predicted molar refractivity (Wildman–Crippen MR) is 86.6 cm³/mol. The fourth-order valence-corrected chi connectivity index (χ4v) is 4.58. The van der Waals surface area contributed by atoms with Crippen molar-refractivity contribution in [2.45, 2.75) is 69.2 Å². The number of hydrogen-bond donors (Lipinski definition) is 2. The summed E-state index contributed by atoms with van der Waals surface area (Å²) in [4.78, 5) is 14.5. The van der Waals surface area contributed by atoms with Crippen LogP contribution >= 0.6 is 0 Å². The molecule has 2 saturated heterocycles. The first-order chi connectivity index (χ1) is 11.1. The number of likely N-dealkylation sites (tertiary alicyclic amines) is 1. The second-order valence-electron chi connectivity index (χ2n) is 7.39. The fraction of sp³-hybridized carbons (Fsp3) is 0.941. The zero-order valence-corrected chi connectivity index (χ0v) is 14.2. The van der Waals surface area contributed by atoms with Crippen LogP contribution in [0, 0.1) is 5.92 Å². The molecule has 2 N–H and O–H groups in total. The van der Waals surface area contributed by atoms with E-state index in [0.29, 0.717) is 25.3 Å². The van der Waals surface area contributed by atoms with Crippen LogP contribution in [0.25, 0.3) is 0 Å². The van der Waals surface area contributed by atoms with Gasteiger partial charge < -0.3 is 9.64 Å². The van der Waals surface area contributed by atoms with Crippen molar-refractivity contribution in [2.24, 2.45) is 5.92 Å². The molecule has 0 aromatic rings. The van der Waals surface area contributed by atoms with Gasteiger partial charge >= 0.3 is 0 Å². The molecule has 2 heterocycles. The van der Waals surface area contributed by atoms with Gasteiger partial charge in [-0.1, -0.05) is 19.3 Å². The first kappa shape index (κ1) is 17.1. The zero-order valence-electron chi connectivity index (χ0n) is 14.2. The minimum atomic E-state index is -1.07. The highest BCUT2D eigenvalue weighted by molar-refractivity contribution is 5.77. The second kappa shape index (κ2) is 7.45. The van der Waals surface area contributed by atoms with Crippen LogP contribution in [0.15, 0.2) is 0 Å². The van der Waals surface area contributed by atoms with E-state index in [0.717, 1.165) is 13.0 Å². The molecule has 3 atom stereocenters. The molecule has 5 nitrogen and oxygen atoms in total. The van der Waals surface area contributed by atoms with E-state index in [1.165, 1.54) is 32.1 Å². The van der Waals surface area contributed by atoms with E-state index >= 15 is 0 Å². The standard InChI is InChI=1S/C17H30FN3O2/c1-23-15-7-10-21(12-14(15)18)16(22)11-17(8-9-19-20-17)13-5-3-2-4-6-13/h13-15,19-20H,2-12H2,1H3/t14-,15+,17+/m1/s1. The predicted octanol–water partition coefficient (Wildman–Crippen LogP) is 1.78. The number of ether oxygens (including phenoxy) is 1. The molecule has 0 bridgehead atoms. The van der Waals surface area contributed by atoms with E-state index in [-0.39, 0.29) is 24.1 Å². The zero-order chi connectivity index (χ0) is 16.3. The van der Waals surface area contributed by atoms with Crippen molar-refractivity contribution in [2.75, 3.05) is 26.7 Å². The van der Waals surface area contributed by atoms with Crippen LogP contribution in [-0.2, 0) is 9.53 Å². The van der Waals surface area contributed by atoms with Crippen LogP contribution in [0.4, 0.5) is 4.39 Å². The molecule has 0 aromatic carbocycles. The molecule has 0 radical (unpaired) electrons. The molecule has 1 amide bonds. The van der Waals surface area contributed by atoms with Crippen molar-refractivity contribution < 1.29 is 13.9 Å². The van der Waals surface area contributed by atoms with Gasteiger partial charge in [-0.2, -0.15) is 0 Å². The third kappa shape index (κ3) is 3.69. The van der Waals surface area contributed by atoms with Crippen LogP contribution in [0.2, 0.25) is 0 Å². The van der Waals surface area contributed by atoms with Crippen LogP contribution in [0.1, 0.15) is 51.4 Å². The summed E-state index contributed by atoms with van der Waals surface area (Å²) in [7, 11) is 1.54. The lowest BCUT2D eigenvalue weighted by molar-refractivity contribution is -0.138. The van der Waals surface area contributed by atoms with Gasteiger partial charge in [-0.3, -0.25) is 15.6 Å². The lowest BCUT2D eigenvalue weighted by atomic mass is 9.72. The van der Waals surface area contributed by atoms with Gasteiger partial charge in [0.05, 0.1) is 12.6 Å². The number of rotatable bonds is 4. The van der Waals surface area contributed by atoms with Crippen molar-refractivity contribution in [3.05, 3.63) is 0 Å². The number of piperidine rings is 1. The smallest absolute Gasteiger partial charge is 0.224 e. The first-order valence-corrected chi connectivity index (χ1v) is 9.09. The summed E-state index contributed by atoms with van der Waals surface area (Å²) in [5.74, 6) is 0.636. The Hall–Kier alpha value is -0.720. The highest BCUT2D eigenvalue weighted by Gasteiger charge is 2.44. The molecule has 2 aliphatic heterocycles. The Morgan fingerprint density at radius 1 is 1.30 bits per heavy atom. The summed E-state index contributed by atoms with van der Waals surface area (Å²) in [6.45, 7) is 1.68. The summed E-state index contributed by atoms with van der Waals surface area (Å²) >= 11 is 0. The molecular weight excluding hydrogens is 297 g/mol. The van der Waals surface area contributed by atoms with Crippen LogP contribution in [0.5, 0.6) is 0 Å². The number of alkyl halides is 1. The van der Waals surface area contributed by atoms with Crippen molar-refractivity contribution in [3.63, 3.8) is 0 Å². The number of nitrogens with zero attached hydrogens (tertiary/aromatic N) is 1. The highest BCUT2D eigenvalue weighted by atomic mass is 19.1. The van der Waals surface area contributed by atoms with Gasteiger partial charge in [-0.25, -0.2) is 4.39 Å². The number of hydrogen-bond acceptors (Lipinski definition) is 4. The van der Waals surface area contributed by atoms with E-state index < -0.39 is 6.17 Å². The van der Waals surface area contributed by atoms with Gasteiger partial charge in [-0.05, 0) is 31.6 Å². The Balaban J connectivity index is 1.62. The number of hydrazine groups is 1. The van der Waals surface area contributed by atoms with Gasteiger partial charge in [0.15, 0.2) is 0 Å². The first-order valence-electron chi connectivity index (χ1n) is 9.09. The molecule has 0 unspecified atom stereocenters. The van der Waals surface area contributed by atoms with Crippen molar-refractivity contribution in [1.82, 2.24) is 15.8 Å². The Kier molecular flexibility index (Phi) is 5.54. The molecule has 3 fully saturated rings. The number of nitrogens with one attached hydrogen (secondary N) is 2. The fourth-order valence-electron chi connectivity index (χ4n) is 4.58. The topological polar surface area (TPSA) is 53.6 Å². The normalized spacial score (nSPS) is 36.3. The number of carbonyl (C=O) groups excluding carboxylic acids is 1. The summed E-state index contributed by atoms with van der Waals surface area (Å²) in [6.07, 6.45) is 6.83. The average molecular weight is 327 g/mol. The maximum Gasteiger partial charge on any atom is 0.224 e. The molecule has 0 aromatic heterocycles. The molecule has 3 rings (SSSR count). The maximum atomic E-state index is 14.1. The molecule has 23 heavy (non-hydrogen) atoms. The second-order valence-corrected chi connectivity index (χ2v) is 7.39. The van der Waals surface area contributed by atoms with E-state index in [9.17, 15) is 9.18 Å². The largest absolute Gasteiger partial charge is 0.378 e. The van der Waals surface area contributed by atoms with Gasteiger partial charge in [0.1, 0.15) is 6.17 Å². The maximum absolute atomic E-state index is 14.1. The van der Waals surface area contributed by atoms with Crippen LogP contribution in [0.3, 0.4) is 0 Å². The Morgan fingerprint density at radius 3 is 2.70 bits per heavy atom. The van der Waals surface area contributed by atoms with E-state index in [2.05, 4.69) is 10.9 Å². The summed E-state index contributed by atoms with van der Waals surface area (Å²) < 4.78 is 19.2. The Bertz CT molecular complexity index is 409. The quantitative estimate of drug-likeness (QED) is 0.826. The van der Waals surface area contributed by atoms with Crippen molar-refractivity contribution in [1.29, 1.82) is 0 Å². The Morgan fingerprint density at radius 2 is 2.09 bits per heavy atom. The van der Waals surface area contributed by atoms with Gasteiger partial charge in [0, 0.05) is 32.2 Å². The molecule has 1 saturated carbocycles. The van der Waals surface area contributed by atoms with Crippen molar-refractivity contribution >= 4 is 5.91 Å². The molecule has 1 aliphatic carbocycles. The molecule has 3 aliphatic rings. The lowest BCUT2D eigenvalue weighted by Crippen LogP contribution is -2.55. The highest BCUT2D eigenvalue weighted by Crippen LogP contribution is 2.38. The van der Waals surface area contributed by atoms with Gasteiger partial charge in [0.25, 0.3) is 0 Å². The number of halogens is 1. The summed E-state index contributed by atoms with van der Waals surface area (Å²) in [5.41, 5.74) is 6.52. The van der Waals surface area contributed by atoms with Gasteiger partial charge in [-0.15, -0.1) is 0 Å². The molecule has 132 valence electrons. The average Bonchev–Trinajstić information content (AvgIpc) is 3.05. The minimum Gasteiger partial charge on any atom is -0.378 e. The lowest BCUT2D eigenvalue weighted by Gasteiger charge is -2.41. The van der Waals surface area contributed by atoms with Gasteiger partial charge in [0.2, 0.25) is 5.91 Å². The minimum absolute atomic E-state index is 0.0870. The van der Waals surface area contributed by atoms with E-state index in [1.54, 1.807) is 12.0 Å². The molecular formula is C17H30FN3O2. The number of methoxy groups -OCH3 is 1. The number of amides is 1. The Labute approximate surface area is 138 Å². The van der Waals surface area contributed by atoms with Crippen LogP contribution < -0.4 is 10.9 Å². The van der Waals surface area contributed by atoms with Crippen molar-refractivity contribution in [3.8, 4) is 0 Å². The number of carbonyl (C=O) groups is 1. The monoisotopic (exact) mass is 327 g/mol. The SMILES string of the molecule is CO[C@H]1CCN(C(=O)C[C@]2(C3CCCCC3)CCNN2)C[C@H]1F. The summed E-state index contributed by atoms with van der Waals surface area (Å²) in [6, 6.07) is 0. The molecule has 0 spiro atoms. The van der Waals surface area contributed by atoms with E-state index in [1.807, 2.05) is 0 Å².